The van der Waals surface area contributed by atoms with E-state index >= 15 is 0 Å². The predicted molar refractivity (Wildman–Crippen MR) is 54.4 cm³/mol. The zero-order chi connectivity index (χ0) is 9.14. The van der Waals surface area contributed by atoms with Gasteiger partial charge in [0.25, 0.3) is 0 Å². The average Bonchev–Trinajstić information content (AvgIpc) is 2.04. The summed E-state index contributed by atoms with van der Waals surface area (Å²) in [7, 11) is 0. The van der Waals surface area contributed by atoms with Gasteiger partial charge < -0.3 is 0 Å². The maximum atomic E-state index is 11.2. The Morgan fingerprint density at radius 1 is 1.33 bits per heavy atom. The van der Waals surface area contributed by atoms with Gasteiger partial charge in [0.05, 0.1) is 0 Å². The van der Waals surface area contributed by atoms with E-state index in [1.165, 1.54) is 0 Å². The van der Waals surface area contributed by atoms with Crippen molar-refractivity contribution < 1.29 is 4.79 Å². The van der Waals surface area contributed by atoms with Crippen molar-refractivity contribution in [2.45, 2.75) is 4.29 Å². The largest absolute Gasteiger partial charge is 0.292 e. The number of halogens is 3. The fraction of sp³-hybridized carbons (Fsp3) is 0.125. The lowest BCUT2D eigenvalue weighted by molar-refractivity contribution is 0.101. The van der Waals surface area contributed by atoms with E-state index in [9.17, 15) is 4.79 Å². The van der Waals surface area contributed by atoms with Gasteiger partial charge in [-0.15, -0.1) is 11.6 Å². The van der Waals surface area contributed by atoms with E-state index in [-0.39, 0.29) is 5.78 Å². The van der Waals surface area contributed by atoms with Crippen LogP contribution in [0.15, 0.2) is 24.3 Å². The normalized spacial score (nSPS) is 12.6. The molecular weight excluding hydrogens is 263 g/mol. The molecule has 1 aromatic carbocycles. The number of Topliss-reactive ketones (excluding diaryl/α,β-unsaturated/α-hetero) is 1. The molecule has 12 heavy (non-hydrogen) atoms. The van der Waals surface area contributed by atoms with Gasteiger partial charge >= 0.3 is 0 Å². The molecule has 1 rings (SSSR count). The molecule has 0 N–H and O–H groups in total. The molecule has 1 aromatic rings. The second-order valence-corrected chi connectivity index (χ2v) is 4.49. The van der Waals surface area contributed by atoms with Crippen molar-refractivity contribution in [2.75, 3.05) is 0 Å². The minimum atomic E-state index is -0.668. The summed E-state index contributed by atoms with van der Waals surface area (Å²) in [5.41, 5.74) is 0.552. The Bertz CT molecular complexity index is 282. The number of hydrogen-bond acceptors (Lipinski definition) is 1. The monoisotopic (exact) mass is 266 g/mol. The van der Waals surface area contributed by atoms with Crippen LogP contribution in [0.2, 0.25) is 5.02 Å². The average molecular weight is 268 g/mol. The molecule has 0 heterocycles. The third-order valence-electron chi connectivity index (χ3n) is 1.33. The highest BCUT2D eigenvalue weighted by Gasteiger charge is 2.12. The number of benzene rings is 1. The minimum absolute atomic E-state index is 0.159. The van der Waals surface area contributed by atoms with Crippen molar-refractivity contribution in [1.29, 1.82) is 0 Å². The molecular formula is C8H5BrCl2O. The number of alkyl halides is 2. The van der Waals surface area contributed by atoms with Crippen LogP contribution in [-0.4, -0.2) is 10.1 Å². The highest BCUT2D eigenvalue weighted by Crippen LogP contribution is 2.16. The lowest BCUT2D eigenvalue weighted by Gasteiger charge is -2.00. The van der Waals surface area contributed by atoms with E-state index in [1.807, 2.05) is 0 Å². The second kappa shape index (κ2) is 4.26. The maximum absolute atomic E-state index is 11.2. The summed E-state index contributed by atoms with van der Waals surface area (Å²) >= 11 is 14.2. The first-order valence-electron chi connectivity index (χ1n) is 3.19. The smallest absolute Gasteiger partial charge is 0.191 e. The highest BCUT2D eigenvalue weighted by molar-refractivity contribution is 9.10. The topological polar surface area (TPSA) is 17.1 Å². The van der Waals surface area contributed by atoms with Crippen LogP contribution in [0.4, 0.5) is 0 Å². The Kier molecular flexibility index (Phi) is 3.56. The molecule has 0 fully saturated rings. The van der Waals surface area contributed by atoms with Gasteiger partial charge in [-0.2, -0.15) is 0 Å². The van der Waals surface area contributed by atoms with Crippen molar-refractivity contribution in [1.82, 2.24) is 0 Å². The minimum Gasteiger partial charge on any atom is -0.292 e. The molecule has 0 aromatic heterocycles. The molecule has 0 aliphatic heterocycles. The van der Waals surface area contributed by atoms with E-state index in [2.05, 4.69) is 15.9 Å². The van der Waals surface area contributed by atoms with Crippen LogP contribution in [0.1, 0.15) is 10.4 Å². The van der Waals surface area contributed by atoms with Gasteiger partial charge in [0.2, 0.25) is 0 Å². The Morgan fingerprint density at radius 2 is 1.83 bits per heavy atom. The van der Waals surface area contributed by atoms with E-state index in [0.29, 0.717) is 10.6 Å². The summed E-state index contributed by atoms with van der Waals surface area (Å²) in [4.78, 5) is 11.2. The molecule has 64 valence electrons. The first-order chi connectivity index (χ1) is 5.61. The van der Waals surface area contributed by atoms with Gasteiger partial charge in [-0.3, -0.25) is 4.79 Å². The van der Waals surface area contributed by atoms with E-state index in [4.69, 9.17) is 23.2 Å². The lowest BCUT2D eigenvalue weighted by atomic mass is 10.1. The van der Waals surface area contributed by atoms with Crippen LogP contribution in [0.25, 0.3) is 0 Å². The fourth-order valence-electron chi connectivity index (χ4n) is 0.740. The van der Waals surface area contributed by atoms with Crippen LogP contribution < -0.4 is 0 Å². The lowest BCUT2D eigenvalue weighted by Crippen LogP contribution is -2.06. The Balaban J connectivity index is 2.90. The first-order valence-corrected chi connectivity index (χ1v) is 4.92. The van der Waals surface area contributed by atoms with Crippen LogP contribution >= 0.6 is 39.1 Å². The van der Waals surface area contributed by atoms with Gasteiger partial charge in [0.15, 0.2) is 10.1 Å². The van der Waals surface area contributed by atoms with Crippen molar-refractivity contribution in [3.05, 3.63) is 34.9 Å². The summed E-state index contributed by atoms with van der Waals surface area (Å²) in [6.45, 7) is 0. The summed E-state index contributed by atoms with van der Waals surface area (Å²) in [6, 6.07) is 6.59. The van der Waals surface area contributed by atoms with Crippen LogP contribution in [0.3, 0.4) is 0 Å². The molecule has 0 amide bonds. The third kappa shape index (κ3) is 2.47. The van der Waals surface area contributed by atoms with Gasteiger partial charge in [-0.1, -0.05) is 27.5 Å². The first kappa shape index (κ1) is 10.0. The maximum Gasteiger partial charge on any atom is 0.191 e. The van der Waals surface area contributed by atoms with Crippen molar-refractivity contribution in [3.8, 4) is 0 Å². The molecule has 0 aliphatic carbocycles. The number of rotatable bonds is 2. The zero-order valence-electron chi connectivity index (χ0n) is 5.93. The van der Waals surface area contributed by atoms with Gasteiger partial charge in [0.1, 0.15) is 0 Å². The van der Waals surface area contributed by atoms with Crippen molar-refractivity contribution >= 4 is 44.9 Å². The summed E-state index contributed by atoms with van der Waals surface area (Å²) in [5, 5.41) is 0.604. The van der Waals surface area contributed by atoms with Crippen molar-refractivity contribution in [2.24, 2.45) is 0 Å². The quantitative estimate of drug-likeness (QED) is 0.592. The Labute approximate surface area is 88.8 Å². The second-order valence-electron chi connectivity index (χ2n) is 2.17. The van der Waals surface area contributed by atoms with Crippen LogP contribution in [0, 0.1) is 0 Å². The molecule has 1 nitrogen and oxygen atoms in total. The Morgan fingerprint density at radius 3 is 2.25 bits per heavy atom. The fourth-order valence-corrected chi connectivity index (χ4v) is 1.26. The molecule has 1 atom stereocenters. The van der Waals surface area contributed by atoms with E-state index in [1.54, 1.807) is 24.3 Å². The SMILES string of the molecule is O=C(c1ccc(Cl)cc1)C(Cl)Br. The standard InChI is InChI=1S/C8H5BrCl2O/c9-8(11)7(12)5-1-3-6(10)4-2-5/h1-4,8H. The molecule has 1 unspecified atom stereocenters. The van der Waals surface area contributed by atoms with Gasteiger partial charge in [-0.25, -0.2) is 0 Å². The summed E-state index contributed by atoms with van der Waals surface area (Å²) in [5.74, 6) is -0.159. The van der Waals surface area contributed by atoms with E-state index < -0.39 is 4.29 Å². The van der Waals surface area contributed by atoms with Gasteiger partial charge in [-0.05, 0) is 24.3 Å². The van der Waals surface area contributed by atoms with Gasteiger partial charge in [0, 0.05) is 10.6 Å². The summed E-state index contributed by atoms with van der Waals surface area (Å²) in [6.07, 6.45) is 0. The molecule has 0 radical (unpaired) electrons. The van der Waals surface area contributed by atoms with E-state index in [0.717, 1.165) is 0 Å². The summed E-state index contributed by atoms with van der Waals surface area (Å²) < 4.78 is -0.668. The zero-order valence-corrected chi connectivity index (χ0v) is 9.03. The molecule has 0 aliphatic rings. The van der Waals surface area contributed by atoms with Crippen molar-refractivity contribution in [3.63, 3.8) is 0 Å². The number of hydrogen-bond donors (Lipinski definition) is 0. The van der Waals surface area contributed by atoms with Crippen LogP contribution in [0.5, 0.6) is 0 Å². The number of carbonyl (C=O) groups is 1. The molecule has 4 heteroatoms. The molecule has 0 spiro atoms. The number of ketones is 1. The van der Waals surface area contributed by atoms with Crippen LogP contribution in [-0.2, 0) is 0 Å². The molecule has 0 saturated carbocycles. The number of carbonyl (C=O) groups excluding carboxylic acids is 1. The Hall–Kier alpha value is -0.0500. The molecule has 0 bridgehead atoms. The predicted octanol–water partition coefficient (Wildman–Crippen LogP) is 3.48. The highest BCUT2D eigenvalue weighted by atomic mass is 79.9. The third-order valence-corrected chi connectivity index (χ3v) is 2.19. The molecule has 0 saturated heterocycles.